The predicted molar refractivity (Wildman–Crippen MR) is 86.3 cm³/mol. The van der Waals surface area contributed by atoms with E-state index in [1.54, 1.807) is 0 Å². The fraction of sp³-hybridized carbons (Fsp3) is 0.800. The number of likely N-dealkylation sites (tertiary alicyclic amines) is 1. The third kappa shape index (κ3) is 3.67. The lowest BCUT2D eigenvalue weighted by Crippen LogP contribution is -2.39. The number of carbonyl (C=O) groups is 1. The predicted octanol–water partition coefficient (Wildman–Crippen LogP) is 1.78. The van der Waals surface area contributed by atoms with Crippen molar-refractivity contribution >= 4 is 18.3 Å². The Bertz CT molecular complexity index is 537. The molecule has 0 radical (unpaired) electrons. The minimum Gasteiger partial charge on any atom is -0.364 e. The molecule has 7 nitrogen and oxygen atoms in total. The third-order valence-electron chi connectivity index (χ3n) is 4.43. The molecule has 3 rings (SSSR count). The number of ether oxygens (including phenoxy) is 1. The van der Waals surface area contributed by atoms with E-state index in [-0.39, 0.29) is 42.5 Å². The van der Waals surface area contributed by atoms with Crippen LogP contribution in [0.15, 0.2) is 4.52 Å². The first-order valence-corrected chi connectivity index (χ1v) is 8.09. The summed E-state index contributed by atoms with van der Waals surface area (Å²) in [5.74, 6) is 1.46. The van der Waals surface area contributed by atoms with Crippen LogP contribution < -0.4 is 5.73 Å². The average Bonchev–Trinajstić information content (AvgIpc) is 3.24. The number of aromatic nitrogens is 2. The maximum absolute atomic E-state index is 12.7. The first-order valence-electron chi connectivity index (χ1n) is 8.09. The van der Waals surface area contributed by atoms with Gasteiger partial charge in [0.1, 0.15) is 6.10 Å². The highest BCUT2D eigenvalue weighted by atomic mass is 35.5. The number of carbonyl (C=O) groups excluding carboxylic acids is 1. The summed E-state index contributed by atoms with van der Waals surface area (Å²) in [6, 6.07) is -0.0933. The van der Waals surface area contributed by atoms with Gasteiger partial charge in [-0.3, -0.25) is 4.79 Å². The lowest BCUT2D eigenvalue weighted by Gasteiger charge is -2.25. The molecule has 2 aliphatic rings. The first-order chi connectivity index (χ1) is 10.6. The van der Waals surface area contributed by atoms with E-state index in [9.17, 15) is 4.79 Å². The van der Waals surface area contributed by atoms with Gasteiger partial charge in [-0.1, -0.05) is 19.0 Å². The van der Waals surface area contributed by atoms with Gasteiger partial charge in [-0.15, -0.1) is 12.4 Å². The largest absolute Gasteiger partial charge is 0.364 e. The number of hydrogen-bond acceptors (Lipinski definition) is 6. The Morgan fingerprint density at radius 1 is 1.39 bits per heavy atom. The van der Waals surface area contributed by atoms with E-state index in [1.165, 1.54) is 0 Å². The SMILES string of the molecule is CC(C)c1nc(C2CCCN2C(=O)[C@@H]2CC[C@H](CN)O2)no1.Cl. The molecule has 0 bridgehead atoms. The van der Waals surface area contributed by atoms with E-state index in [0.717, 1.165) is 32.2 Å². The van der Waals surface area contributed by atoms with Crippen LogP contribution in [-0.4, -0.2) is 46.2 Å². The Kier molecular flexibility index (Phi) is 6.00. The monoisotopic (exact) mass is 344 g/mol. The van der Waals surface area contributed by atoms with Crippen molar-refractivity contribution in [3.8, 4) is 0 Å². The molecule has 2 fully saturated rings. The molecule has 1 aromatic heterocycles. The second kappa shape index (κ2) is 7.59. The standard InChI is InChI=1S/C15H24N4O3.ClH/c1-9(2)14-17-13(18-22-14)11-4-3-7-19(11)15(20)12-6-5-10(8-16)21-12;/h9-12H,3-8,16H2,1-2H3;1H/t10-,11?,12+;/m1./s1. The van der Waals surface area contributed by atoms with Crippen LogP contribution in [0.4, 0.5) is 0 Å². The molecule has 1 aromatic rings. The summed E-state index contributed by atoms with van der Waals surface area (Å²) < 4.78 is 11.0. The van der Waals surface area contributed by atoms with Gasteiger partial charge in [-0.25, -0.2) is 0 Å². The van der Waals surface area contributed by atoms with Crippen molar-refractivity contribution < 1.29 is 14.1 Å². The van der Waals surface area contributed by atoms with E-state index >= 15 is 0 Å². The van der Waals surface area contributed by atoms with Gasteiger partial charge in [0.2, 0.25) is 5.89 Å². The van der Waals surface area contributed by atoms with Crippen molar-refractivity contribution in [2.24, 2.45) is 5.73 Å². The molecule has 3 atom stereocenters. The van der Waals surface area contributed by atoms with E-state index in [4.69, 9.17) is 15.0 Å². The molecule has 2 N–H and O–H groups in total. The second-order valence-electron chi connectivity index (χ2n) is 6.39. The maximum atomic E-state index is 12.7. The van der Waals surface area contributed by atoms with Crippen molar-refractivity contribution in [3.63, 3.8) is 0 Å². The van der Waals surface area contributed by atoms with Crippen LogP contribution in [0.25, 0.3) is 0 Å². The molecule has 0 spiro atoms. The minimum atomic E-state index is -0.370. The fourth-order valence-electron chi connectivity index (χ4n) is 3.16. The van der Waals surface area contributed by atoms with Crippen molar-refractivity contribution in [2.45, 2.75) is 63.7 Å². The molecule has 130 valence electrons. The highest BCUT2D eigenvalue weighted by molar-refractivity contribution is 5.85. The average molecular weight is 345 g/mol. The van der Waals surface area contributed by atoms with E-state index < -0.39 is 0 Å². The van der Waals surface area contributed by atoms with Crippen LogP contribution in [-0.2, 0) is 9.53 Å². The highest BCUT2D eigenvalue weighted by Crippen LogP contribution is 2.33. The number of nitrogens with two attached hydrogens (primary N) is 1. The van der Waals surface area contributed by atoms with Gasteiger partial charge in [0.15, 0.2) is 5.82 Å². The molecule has 3 heterocycles. The normalized spacial score (nSPS) is 27.5. The summed E-state index contributed by atoms with van der Waals surface area (Å²) in [7, 11) is 0. The van der Waals surface area contributed by atoms with Crippen molar-refractivity contribution in [2.75, 3.05) is 13.1 Å². The Balaban J connectivity index is 0.00000192. The van der Waals surface area contributed by atoms with E-state index in [0.29, 0.717) is 18.3 Å². The number of halogens is 1. The number of hydrogen-bond donors (Lipinski definition) is 1. The lowest BCUT2D eigenvalue weighted by atomic mass is 10.1. The summed E-state index contributed by atoms with van der Waals surface area (Å²) in [6.45, 7) is 5.21. The molecule has 2 saturated heterocycles. The summed E-state index contributed by atoms with van der Waals surface area (Å²) >= 11 is 0. The van der Waals surface area contributed by atoms with Crippen LogP contribution in [0.5, 0.6) is 0 Å². The van der Waals surface area contributed by atoms with Crippen LogP contribution in [0, 0.1) is 0 Å². The van der Waals surface area contributed by atoms with Crippen molar-refractivity contribution in [3.05, 3.63) is 11.7 Å². The van der Waals surface area contributed by atoms with Crippen LogP contribution in [0.1, 0.15) is 63.2 Å². The highest BCUT2D eigenvalue weighted by Gasteiger charge is 2.39. The van der Waals surface area contributed by atoms with Crippen LogP contribution in [0.3, 0.4) is 0 Å². The topological polar surface area (TPSA) is 94.5 Å². The molecule has 8 heteroatoms. The number of nitrogens with zero attached hydrogens (tertiary/aromatic N) is 3. The zero-order valence-electron chi connectivity index (χ0n) is 13.6. The summed E-state index contributed by atoms with van der Waals surface area (Å²) in [6.07, 6.45) is 3.06. The molecule has 2 aliphatic heterocycles. The molecular weight excluding hydrogens is 320 g/mol. The second-order valence-corrected chi connectivity index (χ2v) is 6.39. The van der Waals surface area contributed by atoms with Crippen molar-refractivity contribution in [1.82, 2.24) is 15.0 Å². The van der Waals surface area contributed by atoms with E-state index in [1.807, 2.05) is 18.7 Å². The van der Waals surface area contributed by atoms with Gasteiger partial charge < -0.3 is 19.9 Å². The molecule has 23 heavy (non-hydrogen) atoms. The lowest BCUT2D eigenvalue weighted by molar-refractivity contribution is -0.143. The summed E-state index contributed by atoms with van der Waals surface area (Å²) in [5, 5.41) is 4.07. The quantitative estimate of drug-likeness (QED) is 0.894. The van der Waals surface area contributed by atoms with Gasteiger partial charge in [0.05, 0.1) is 12.1 Å². The smallest absolute Gasteiger partial charge is 0.252 e. The van der Waals surface area contributed by atoms with Crippen LogP contribution in [0.2, 0.25) is 0 Å². The Morgan fingerprint density at radius 2 is 2.17 bits per heavy atom. The molecule has 1 amide bonds. The molecule has 0 aromatic carbocycles. The first kappa shape index (κ1) is 18.2. The Hall–Kier alpha value is -1.18. The van der Waals surface area contributed by atoms with Crippen LogP contribution >= 0.6 is 12.4 Å². The van der Waals surface area contributed by atoms with Gasteiger partial charge in [-0.05, 0) is 25.7 Å². The molecule has 0 aliphatic carbocycles. The van der Waals surface area contributed by atoms with E-state index in [2.05, 4.69) is 10.1 Å². The Morgan fingerprint density at radius 3 is 2.78 bits per heavy atom. The minimum absolute atomic E-state index is 0. The maximum Gasteiger partial charge on any atom is 0.252 e. The van der Waals surface area contributed by atoms with Gasteiger partial charge in [0, 0.05) is 19.0 Å². The van der Waals surface area contributed by atoms with Gasteiger partial charge >= 0.3 is 0 Å². The zero-order chi connectivity index (χ0) is 15.7. The fourth-order valence-corrected chi connectivity index (χ4v) is 3.16. The molecule has 0 saturated carbocycles. The van der Waals surface area contributed by atoms with Gasteiger partial charge in [0.25, 0.3) is 5.91 Å². The van der Waals surface area contributed by atoms with Gasteiger partial charge in [-0.2, -0.15) is 4.98 Å². The number of rotatable bonds is 4. The molecule has 1 unspecified atom stereocenters. The summed E-state index contributed by atoms with van der Waals surface area (Å²) in [4.78, 5) is 19.0. The third-order valence-corrected chi connectivity index (χ3v) is 4.43. The zero-order valence-corrected chi connectivity index (χ0v) is 14.4. The summed E-state index contributed by atoms with van der Waals surface area (Å²) in [5.41, 5.74) is 5.62. The van der Waals surface area contributed by atoms with Crippen molar-refractivity contribution in [1.29, 1.82) is 0 Å². The number of amides is 1. The molecular formula is C15H25ClN4O3. The Labute approximate surface area is 142 Å².